The Kier molecular flexibility index (Phi) is 8.82. The van der Waals surface area contributed by atoms with Crippen molar-refractivity contribution < 1.29 is 43.0 Å². The van der Waals surface area contributed by atoms with Gasteiger partial charge in [-0.3, -0.25) is 19.3 Å². The Morgan fingerprint density at radius 3 is 2.53 bits per heavy atom. The predicted molar refractivity (Wildman–Crippen MR) is 134 cm³/mol. The number of aromatic nitrogens is 1. The van der Waals surface area contributed by atoms with Gasteiger partial charge in [0.15, 0.2) is 10.8 Å². The standard InChI is InChI=1S/C21H26N6O9S2/c1-21(2,3)18(31)36-8-35-17(30)13-9(5-34-20(23)32)6-37-16-12(15(29)27(13)16)25-14(28)11(26-33-4)10-7-38-19(22)24-10/h7,12,16H,5-6,8H2,1-4H3,(H2,22,24)(H2,23,32)(H,25,28)/t12?,16-/m0/s1. The minimum atomic E-state index is -1.08. The predicted octanol–water partition coefficient (Wildman–Crippen LogP) is -0.0849. The number of thioether (sulfide) groups is 1. The molecule has 0 radical (unpaired) electrons. The summed E-state index contributed by atoms with van der Waals surface area (Å²) in [5.41, 5.74) is 9.86. The number of fused-ring (bicyclic) bond motifs is 1. The van der Waals surface area contributed by atoms with Crippen LogP contribution in [-0.4, -0.2) is 83.1 Å². The summed E-state index contributed by atoms with van der Waals surface area (Å²) in [5, 5.41) is 7.27. The van der Waals surface area contributed by atoms with Gasteiger partial charge in [0.1, 0.15) is 36.5 Å². The molecule has 1 aromatic rings. The van der Waals surface area contributed by atoms with Crippen molar-refractivity contribution in [3.63, 3.8) is 0 Å². The van der Waals surface area contributed by atoms with E-state index in [9.17, 15) is 24.0 Å². The Labute approximate surface area is 224 Å². The first-order valence-corrected chi connectivity index (χ1v) is 12.8. The van der Waals surface area contributed by atoms with Crippen molar-refractivity contribution in [3.05, 3.63) is 22.3 Å². The second-order valence-electron chi connectivity index (χ2n) is 8.85. The number of hydrogen-bond donors (Lipinski definition) is 3. The fourth-order valence-corrected chi connectivity index (χ4v) is 5.14. The van der Waals surface area contributed by atoms with Crippen molar-refractivity contribution in [1.29, 1.82) is 0 Å². The molecule has 3 heterocycles. The number of amides is 3. The molecular weight excluding hydrogens is 544 g/mol. The van der Waals surface area contributed by atoms with Gasteiger partial charge in [-0.1, -0.05) is 5.16 Å². The zero-order valence-corrected chi connectivity index (χ0v) is 22.5. The maximum Gasteiger partial charge on any atom is 0.404 e. The number of primary amides is 1. The highest BCUT2D eigenvalue weighted by molar-refractivity contribution is 8.00. The third kappa shape index (κ3) is 6.34. The molecule has 5 N–H and O–H groups in total. The highest BCUT2D eigenvalue weighted by Gasteiger charge is 2.55. The van der Waals surface area contributed by atoms with Crippen LogP contribution in [0.25, 0.3) is 0 Å². The number of ether oxygens (including phenoxy) is 3. The number of nitrogens with one attached hydrogen (secondary N) is 1. The summed E-state index contributed by atoms with van der Waals surface area (Å²) >= 11 is 2.30. The summed E-state index contributed by atoms with van der Waals surface area (Å²) in [7, 11) is 1.24. The zero-order valence-electron chi connectivity index (χ0n) is 20.8. The van der Waals surface area contributed by atoms with Crippen molar-refractivity contribution in [3.8, 4) is 0 Å². The van der Waals surface area contributed by atoms with Gasteiger partial charge >= 0.3 is 18.0 Å². The first kappa shape index (κ1) is 28.7. The minimum Gasteiger partial charge on any atom is -0.445 e. The van der Waals surface area contributed by atoms with E-state index in [1.165, 1.54) is 24.3 Å². The Morgan fingerprint density at radius 1 is 1.24 bits per heavy atom. The van der Waals surface area contributed by atoms with Crippen LogP contribution in [0.5, 0.6) is 0 Å². The number of carbonyl (C=O) groups is 5. The first-order chi connectivity index (χ1) is 17.8. The minimum absolute atomic E-state index is 0.141. The Hall–Kier alpha value is -3.86. The molecule has 1 fully saturated rings. The highest BCUT2D eigenvalue weighted by Crippen LogP contribution is 2.40. The molecule has 0 bridgehead atoms. The number of β-lactam (4-membered cyclic amide) rings is 1. The molecule has 0 aromatic carbocycles. The number of thiazole rings is 1. The third-order valence-electron chi connectivity index (χ3n) is 5.07. The molecule has 2 aliphatic heterocycles. The van der Waals surface area contributed by atoms with Crippen molar-refractivity contribution >= 4 is 63.8 Å². The first-order valence-electron chi connectivity index (χ1n) is 10.9. The van der Waals surface area contributed by atoms with Crippen LogP contribution in [0.4, 0.5) is 9.93 Å². The van der Waals surface area contributed by atoms with Crippen molar-refractivity contribution in [2.45, 2.75) is 32.2 Å². The van der Waals surface area contributed by atoms with Crippen LogP contribution in [0.1, 0.15) is 26.5 Å². The highest BCUT2D eigenvalue weighted by atomic mass is 32.2. The largest absolute Gasteiger partial charge is 0.445 e. The lowest BCUT2D eigenvalue weighted by Crippen LogP contribution is -2.71. The van der Waals surface area contributed by atoms with Gasteiger partial charge in [-0.15, -0.1) is 23.1 Å². The fourth-order valence-electron chi connectivity index (χ4n) is 3.26. The van der Waals surface area contributed by atoms with Crippen molar-refractivity contribution in [2.24, 2.45) is 16.3 Å². The molecule has 206 valence electrons. The SMILES string of the molecule is CON=C(C(=O)NC1C(=O)N2C(C(=O)OCOC(=O)C(C)(C)C)=C(COC(N)=O)CS[C@@H]12)c1csc(N)n1. The monoisotopic (exact) mass is 570 g/mol. The number of anilines is 1. The Balaban J connectivity index is 1.77. The van der Waals surface area contributed by atoms with Gasteiger partial charge in [-0.25, -0.2) is 14.6 Å². The van der Waals surface area contributed by atoms with E-state index in [0.29, 0.717) is 0 Å². The molecule has 0 aliphatic carbocycles. The molecule has 3 rings (SSSR count). The van der Waals surface area contributed by atoms with Gasteiger partial charge in [0.2, 0.25) is 6.79 Å². The van der Waals surface area contributed by atoms with Crippen LogP contribution in [0, 0.1) is 5.41 Å². The molecule has 0 spiro atoms. The molecule has 38 heavy (non-hydrogen) atoms. The number of carbonyl (C=O) groups excluding carboxylic acids is 5. The van der Waals surface area contributed by atoms with Crippen LogP contribution in [-0.2, 0) is 38.2 Å². The van der Waals surface area contributed by atoms with E-state index in [-0.39, 0.29) is 40.2 Å². The van der Waals surface area contributed by atoms with E-state index in [4.69, 9.17) is 30.5 Å². The van der Waals surface area contributed by atoms with Crippen LogP contribution in [0.15, 0.2) is 21.8 Å². The van der Waals surface area contributed by atoms with Crippen LogP contribution in [0.2, 0.25) is 0 Å². The van der Waals surface area contributed by atoms with E-state index in [0.717, 1.165) is 16.2 Å². The van der Waals surface area contributed by atoms with Crippen molar-refractivity contribution in [2.75, 3.05) is 32.0 Å². The molecule has 17 heteroatoms. The summed E-state index contributed by atoms with van der Waals surface area (Å²) in [6.45, 7) is 3.80. The Morgan fingerprint density at radius 2 is 1.95 bits per heavy atom. The maximum atomic E-state index is 13.1. The van der Waals surface area contributed by atoms with Crippen LogP contribution in [0.3, 0.4) is 0 Å². The van der Waals surface area contributed by atoms with Crippen LogP contribution < -0.4 is 16.8 Å². The lowest BCUT2D eigenvalue weighted by atomic mass is 9.98. The van der Waals surface area contributed by atoms with E-state index in [1.807, 2.05) is 0 Å². The van der Waals surface area contributed by atoms with E-state index < -0.39 is 53.5 Å². The quantitative estimate of drug-likeness (QED) is 0.117. The number of nitrogens with zero attached hydrogens (tertiary/aromatic N) is 3. The zero-order chi connectivity index (χ0) is 28.2. The Bertz CT molecular complexity index is 1210. The van der Waals surface area contributed by atoms with Gasteiger partial charge in [0, 0.05) is 16.7 Å². The average Bonchev–Trinajstić information content (AvgIpc) is 3.28. The van der Waals surface area contributed by atoms with E-state index >= 15 is 0 Å². The summed E-state index contributed by atoms with van der Waals surface area (Å²) in [6, 6.07) is -1.04. The lowest BCUT2D eigenvalue weighted by Gasteiger charge is -2.49. The summed E-state index contributed by atoms with van der Waals surface area (Å²) in [4.78, 5) is 71.9. The smallest absolute Gasteiger partial charge is 0.404 e. The van der Waals surface area contributed by atoms with E-state index in [2.05, 4.69) is 15.5 Å². The van der Waals surface area contributed by atoms with Gasteiger partial charge in [0.25, 0.3) is 11.8 Å². The summed E-state index contributed by atoms with van der Waals surface area (Å²) in [6.07, 6.45) is -1.08. The molecule has 0 saturated carbocycles. The maximum absolute atomic E-state index is 13.1. The topological polar surface area (TPSA) is 215 Å². The molecule has 15 nitrogen and oxygen atoms in total. The number of hydrogen-bond acceptors (Lipinski definition) is 14. The normalized spacial score (nSPS) is 19.2. The van der Waals surface area contributed by atoms with Gasteiger partial charge in [0.05, 0.1) is 5.41 Å². The number of nitrogen functional groups attached to an aromatic ring is 1. The second kappa shape index (κ2) is 11.7. The second-order valence-corrected chi connectivity index (χ2v) is 10.8. The van der Waals surface area contributed by atoms with Gasteiger partial charge in [-0.2, -0.15) is 0 Å². The molecule has 1 aromatic heterocycles. The number of oxime groups is 1. The lowest BCUT2D eigenvalue weighted by molar-refractivity contribution is -0.173. The number of esters is 2. The fraction of sp³-hybridized carbons (Fsp3) is 0.476. The summed E-state index contributed by atoms with van der Waals surface area (Å²) in [5.74, 6) is -2.84. The molecule has 2 atom stereocenters. The average molecular weight is 571 g/mol. The van der Waals surface area contributed by atoms with Gasteiger partial charge < -0.3 is 35.8 Å². The third-order valence-corrected chi connectivity index (χ3v) is 7.08. The molecular formula is C21H26N6O9S2. The molecule has 2 aliphatic rings. The van der Waals surface area contributed by atoms with Crippen LogP contribution >= 0.6 is 23.1 Å². The number of rotatable bonds is 9. The van der Waals surface area contributed by atoms with Gasteiger partial charge in [-0.05, 0) is 20.8 Å². The van der Waals surface area contributed by atoms with E-state index in [1.54, 1.807) is 20.8 Å². The molecule has 1 saturated heterocycles. The molecule has 3 amide bonds. The summed E-state index contributed by atoms with van der Waals surface area (Å²) < 4.78 is 14.8. The number of nitrogens with two attached hydrogens (primary N) is 2. The van der Waals surface area contributed by atoms with Crippen molar-refractivity contribution in [1.82, 2.24) is 15.2 Å². The molecule has 1 unspecified atom stereocenters.